The van der Waals surface area contributed by atoms with Gasteiger partial charge >= 0.3 is 5.97 Å². The van der Waals surface area contributed by atoms with Gasteiger partial charge in [0, 0.05) is 18.7 Å². The molecule has 1 fully saturated rings. The van der Waals surface area contributed by atoms with Crippen LogP contribution in [-0.4, -0.2) is 26.8 Å². The Balaban J connectivity index is 1.47. The number of carbonyl (C=O) groups is 2. The molecule has 6 nitrogen and oxygen atoms in total. The van der Waals surface area contributed by atoms with E-state index in [0.29, 0.717) is 32.2 Å². The first-order chi connectivity index (χ1) is 12.6. The van der Waals surface area contributed by atoms with E-state index < -0.39 is 5.97 Å². The van der Waals surface area contributed by atoms with Gasteiger partial charge in [-0.05, 0) is 43.7 Å². The zero-order chi connectivity index (χ0) is 18.4. The SMILES string of the molecule is O=C(O)C1CCC(C(=O)NCc2ccnn2CCc2ccccc2)CC1. The molecule has 6 heteroatoms. The van der Waals surface area contributed by atoms with Gasteiger partial charge in [0.15, 0.2) is 0 Å². The maximum Gasteiger partial charge on any atom is 0.306 e. The van der Waals surface area contributed by atoms with E-state index in [-0.39, 0.29) is 17.7 Å². The van der Waals surface area contributed by atoms with Crippen molar-refractivity contribution in [3.05, 3.63) is 53.9 Å². The Kier molecular flexibility index (Phi) is 6.04. The van der Waals surface area contributed by atoms with Crippen LogP contribution in [0.3, 0.4) is 0 Å². The largest absolute Gasteiger partial charge is 0.481 e. The lowest BCUT2D eigenvalue weighted by Gasteiger charge is -2.25. The first kappa shape index (κ1) is 18.2. The number of amides is 1. The lowest BCUT2D eigenvalue weighted by molar-refractivity contribution is -0.144. The van der Waals surface area contributed by atoms with Crippen molar-refractivity contribution in [1.82, 2.24) is 15.1 Å². The third kappa shape index (κ3) is 4.71. The number of aromatic nitrogens is 2. The van der Waals surface area contributed by atoms with Crippen molar-refractivity contribution in [2.24, 2.45) is 11.8 Å². The van der Waals surface area contributed by atoms with Gasteiger partial charge in [-0.1, -0.05) is 30.3 Å². The Morgan fingerprint density at radius 2 is 1.77 bits per heavy atom. The van der Waals surface area contributed by atoms with E-state index in [2.05, 4.69) is 22.5 Å². The van der Waals surface area contributed by atoms with E-state index in [1.807, 2.05) is 28.9 Å². The molecule has 2 aromatic rings. The summed E-state index contributed by atoms with van der Waals surface area (Å²) in [5.41, 5.74) is 2.24. The minimum absolute atomic E-state index is 0.0182. The van der Waals surface area contributed by atoms with Gasteiger partial charge < -0.3 is 10.4 Å². The topological polar surface area (TPSA) is 84.2 Å². The summed E-state index contributed by atoms with van der Waals surface area (Å²) in [7, 11) is 0. The van der Waals surface area contributed by atoms with Crippen LogP contribution < -0.4 is 5.32 Å². The van der Waals surface area contributed by atoms with Crippen molar-refractivity contribution in [3.63, 3.8) is 0 Å². The van der Waals surface area contributed by atoms with Crippen molar-refractivity contribution in [3.8, 4) is 0 Å². The number of carboxylic acid groups (broad SMARTS) is 1. The molecule has 0 atom stereocenters. The molecule has 0 saturated heterocycles. The first-order valence-electron chi connectivity index (χ1n) is 9.18. The molecule has 0 radical (unpaired) electrons. The van der Waals surface area contributed by atoms with E-state index in [1.165, 1.54) is 5.56 Å². The molecule has 1 aromatic heterocycles. The number of rotatable bonds is 7. The van der Waals surface area contributed by atoms with Gasteiger partial charge in [0.25, 0.3) is 0 Å². The normalized spacial score (nSPS) is 19.8. The third-order valence-corrected chi connectivity index (χ3v) is 5.15. The average Bonchev–Trinajstić information content (AvgIpc) is 3.12. The third-order valence-electron chi connectivity index (χ3n) is 5.15. The molecule has 1 aromatic carbocycles. The van der Waals surface area contributed by atoms with Crippen LogP contribution in [0.5, 0.6) is 0 Å². The fraction of sp³-hybridized carbons (Fsp3) is 0.450. The average molecular weight is 355 g/mol. The standard InChI is InChI=1S/C20H25N3O3/c24-19(16-6-8-17(9-7-16)20(25)26)21-14-18-10-12-22-23(18)13-11-15-4-2-1-3-5-15/h1-5,10,12,16-17H,6-9,11,13-14H2,(H,21,24)(H,25,26). The zero-order valence-electron chi connectivity index (χ0n) is 14.8. The highest BCUT2D eigenvalue weighted by molar-refractivity contribution is 5.79. The lowest BCUT2D eigenvalue weighted by atomic mass is 9.81. The minimum Gasteiger partial charge on any atom is -0.481 e. The molecule has 2 N–H and O–H groups in total. The predicted octanol–water partition coefficient (Wildman–Crippen LogP) is 2.63. The molecule has 0 spiro atoms. The van der Waals surface area contributed by atoms with Gasteiger partial charge in [0.1, 0.15) is 0 Å². The molecule has 0 aliphatic heterocycles. The summed E-state index contributed by atoms with van der Waals surface area (Å²) in [4.78, 5) is 23.4. The van der Waals surface area contributed by atoms with Gasteiger partial charge in [-0.15, -0.1) is 0 Å². The van der Waals surface area contributed by atoms with Crippen LogP contribution in [0.25, 0.3) is 0 Å². The smallest absolute Gasteiger partial charge is 0.306 e. The number of benzene rings is 1. The lowest BCUT2D eigenvalue weighted by Crippen LogP contribution is -2.34. The van der Waals surface area contributed by atoms with Crippen LogP contribution in [0, 0.1) is 11.8 Å². The minimum atomic E-state index is -0.744. The summed E-state index contributed by atoms with van der Waals surface area (Å²) in [6.07, 6.45) is 5.12. The highest BCUT2D eigenvalue weighted by atomic mass is 16.4. The summed E-state index contributed by atoms with van der Waals surface area (Å²) in [5.74, 6) is -1.10. The van der Waals surface area contributed by atoms with Crippen LogP contribution in [0.15, 0.2) is 42.6 Å². The van der Waals surface area contributed by atoms with Crippen LogP contribution in [0.2, 0.25) is 0 Å². The zero-order valence-corrected chi connectivity index (χ0v) is 14.8. The Morgan fingerprint density at radius 3 is 2.46 bits per heavy atom. The van der Waals surface area contributed by atoms with Gasteiger partial charge in [-0.2, -0.15) is 5.10 Å². The molecule has 138 valence electrons. The Hall–Kier alpha value is -2.63. The molecule has 3 rings (SSSR count). The van der Waals surface area contributed by atoms with Gasteiger partial charge in [-0.25, -0.2) is 0 Å². The summed E-state index contributed by atoms with van der Waals surface area (Å²) in [6.45, 7) is 1.22. The highest BCUT2D eigenvalue weighted by Crippen LogP contribution is 2.29. The fourth-order valence-corrected chi connectivity index (χ4v) is 3.52. The van der Waals surface area contributed by atoms with E-state index >= 15 is 0 Å². The second-order valence-corrected chi connectivity index (χ2v) is 6.89. The van der Waals surface area contributed by atoms with E-state index in [4.69, 9.17) is 5.11 Å². The highest BCUT2D eigenvalue weighted by Gasteiger charge is 2.29. The molecular weight excluding hydrogens is 330 g/mol. The number of nitrogens with one attached hydrogen (secondary N) is 1. The molecule has 1 heterocycles. The van der Waals surface area contributed by atoms with Crippen molar-refractivity contribution >= 4 is 11.9 Å². The van der Waals surface area contributed by atoms with Gasteiger partial charge in [-0.3, -0.25) is 14.3 Å². The molecule has 1 amide bonds. The first-order valence-corrected chi connectivity index (χ1v) is 9.18. The van der Waals surface area contributed by atoms with E-state index in [9.17, 15) is 9.59 Å². The number of carbonyl (C=O) groups excluding carboxylic acids is 1. The molecule has 1 aliphatic carbocycles. The number of hydrogen-bond donors (Lipinski definition) is 2. The number of hydrogen-bond acceptors (Lipinski definition) is 3. The van der Waals surface area contributed by atoms with Crippen molar-refractivity contribution in [2.75, 3.05) is 0 Å². The second kappa shape index (κ2) is 8.65. The summed E-state index contributed by atoms with van der Waals surface area (Å²) in [6, 6.07) is 12.2. The van der Waals surface area contributed by atoms with E-state index in [0.717, 1.165) is 18.7 Å². The molecule has 0 bridgehead atoms. The molecule has 1 saturated carbocycles. The van der Waals surface area contributed by atoms with Crippen molar-refractivity contribution < 1.29 is 14.7 Å². The summed E-state index contributed by atoms with van der Waals surface area (Å²) in [5, 5.41) is 16.4. The summed E-state index contributed by atoms with van der Waals surface area (Å²) < 4.78 is 1.93. The number of nitrogens with zero attached hydrogens (tertiary/aromatic N) is 2. The van der Waals surface area contributed by atoms with Gasteiger partial charge in [0.2, 0.25) is 5.91 Å². The Labute approximate surface area is 153 Å². The van der Waals surface area contributed by atoms with Crippen molar-refractivity contribution in [2.45, 2.75) is 45.2 Å². The van der Waals surface area contributed by atoms with Gasteiger partial charge in [0.05, 0.1) is 18.2 Å². The number of aryl methyl sites for hydroxylation is 2. The monoisotopic (exact) mass is 355 g/mol. The molecule has 1 aliphatic rings. The van der Waals surface area contributed by atoms with Crippen LogP contribution in [0.1, 0.15) is 36.9 Å². The van der Waals surface area contributed by atoms with Crippen LogP contribution >= 0.6 is 0 Å². The van der Waals surface area contributed by atoms with Crippen LogP contribution in [0.4, 0.5) is 0 Å². The van der Waals surface area contributed by atoms with Crippen LogP contribution in [-0.2, 0) is 29.1 Å². The second-order valence-electron chi connectivity index (χ2n) is 6.89. The van der Waals surface area contributed by atoms with E-state index in [1.54, 1.807) is 6.20 Å². The number of aliphatic carboxylic acids is 1. The number of carboxylic acids is 1. The molecule has 26 heavy (non-hydrogen) atoms. The fourth-order valence-electron chi connectivity index (χ4n) is 3.52. The maximum atomic E-state index is 12.4. The quantitative estimate of drug-likeness (QED) is 0.800. The van der Waals surface area contributed by atoms with Crippen molar-refractivity contribution in [1.29, 1.82) is 0 Å². The predicted molar refractivity (Wildman–Crippen MR) is 97.3 cm³/mol. The summed E-state index contributed by atoms with van der Waals surface area (Å²) >= 11 is 0. The Bertz CT molecular complexity index is 734. The molecule has 0 unspecified atom stereocenters. The Morgan fingerprint density at radius 1 is 1.08 bits per heavy atom. The maximum absolute atomic E-state index is 12.4. The molecular formula is C20H25N3O3.